The minimum absolute atomic E-state index is 0.164. The van der Waals surface area contributed by atoms with Crippen LogP contribution in [0.15, 0.2) is 54.0 Å². The lowest BCUT2D eigenvalue weighted by molar-refractivity contribution is -0.119. The highest BCUT2D eigenvalue weighted by molar-refractivity contribution is 5.98. The average Bonchev–Trinajstić information content (AvgIpc) is 2.81. The molecule has 2 aromatic carbocycles. The molecular weight excluding hydrogens is 456 g/mol. The van der Waals surface area contributed by atoms with E-state index in [9.17, 15) is 9.59 Å². The van der Waals surface area contributed by atoms with Crippen LogP contribution in [0.2, 0.25) is 0 Å². The third kappa shape index (κ3) is 12.3. The van der Waals surface area contributed by atoms with E-state index in [-0.39, 0.29) is 12.3 Å². The molecule has 8 heteroatoms. The van der Waals surface area contributed by atoms with Crippen molar-refractivity contribution in [1.82, 2.24) is 5.32 Å². The Balaban J connectivity index is 0.000000809. The fraction of sp³-hybridized carbons (Fsp3) is 0.393. The second-order valence-electron chi connectivity index (χ2n) is 9.10. The number of carbonyl (C=O) groups is 2. The van der Waals surface area contributed by atoms with E-state index in [0.717, 1.165) is 23.5 Å². The van der Waals surface area contributed by atoms with E-state index < -0.39 is 0 Å². The highest BCUT2D eigenvalue weighted by Gasteiger charge is 2.09. The lowest BCUT2D eigenvalue weighted by Crippen LogP contribution is -2.22. The van der Waals surface area contributed by atoms with Gasteiger partial charge in [0.2, 0.25) is 5.91 Å². The maximum atomic E-state index is 11.5. The first-order chi connectivity index (χ1) is 17.1. The topological polar surface area (TPSA) is 101 Å². The monoisotopic (exact) mass is 496 g/mol. The molecule has 0 spiro atoms. The Bertz CT molecular complexity index is 996. The minimum Gasteiger partial charge on any atom is -0.491 e. The van der Waals surface area contributed by atoms with Gasteiger partial charge >= 0.3 is 0 Å². The number of anilines is 2. The van der Waals surface area contributed by atoms with Crippen molar-refractivity contribution in [2.24, 2.45) is 10.4 Å². The summed E-state index contributed by atoms with van der Waals surface area (Å²) in [7, 11) is 3.60. The van der Waals surface area contributed by atoms with Crippen molar-refractivity contribution in [2.75, 3.05) is 44.5 Å². The number of rotatable bonds is 12. The third-order valence-corrected chi connectivity index (χ3v) is 4.56. The Morgan fingerprint density at radius 2 is 1.69 bits per heavy atom. The number of carbonyl (C=O) groups excluding carboxylic acids is 2. The van der Waals surface area contributed by atoms with Gasteiger partial charge in [-0.25, -0.2) is 0 Å². The molecule has 0 unspecified atom stereocenters. The zero-order valence-corrected chi connectivity index (χ0v) is 22.3. The van der Waals surface area contributed by atoms with Gasteiger partial charge in [0, 0.05) is 42.0 Å². The van der Waals surface area contributed by atoms with Gasteiger partial charge in [-0.15, -0.1) is 0 Å². The quantitative estimate of drug-likeness (QED) is 0.160. The molecule has 2 aromatic rings. The zero-order chi connectivity index (χ0) is 27.0. The van der Waals surface area contributed by atoms with Crippen LogP contribution in [0.3, 0.4) is 0 Å². The van der Waals surface area contributed by atoms with Gasteiger partial charge in [-0.3, -0.25) is 9.79 Å². The SMILES string of the molecule is C=C(Nc1ccc(NC(=O)CC=O)cc1)c1ccc(OCCOC)cc1N=CC.CNCC(C)(C)C. The summed E-state index contributed by atoms with van der Waals surface area (Å²) >= 11 is 0. The molecule has 0 aliphatic rings. The molecule has 0 aliphatic carbocycles. The number of aldehydes is 1. The van der Waals surface area contributed by atoms with Crippen molar-refractivity contribution in [3.8, 4) is 5.75 Å². The molecule has 0 fully saturated rings. The molecule has 8 nitrogen and oxygen atoms in total. The van der Waals surface area contributed by atoms with Gasteiger partial charge in [0.1, 0.15) is 18.6 Å². The first-order valence-corrected chi connectivity index (χ1v) is 11.8. The van der Waals surface area contributed by atoms with Crippen molar-refractivity contribution < 1.29 is 19.1 Å². The maximum absolute atomic E-state index is 11.5. The van der Waals surface area contributed by atoms with Gasteiger partial charge in [-0.05, 0) is 62.3 Å². The zero-order valence-electron chi connectivity index (χ0n) is 22.3. The van der Waals surface area contributed by atoms with E-state index in [1.807, 2.05) is 44.3 Å². The summed E-state index contributed by atoms with van der Waals surface area (Å²) in [6.07, 6.45) is 2.12. The number of amides is 1. The Morgan fingerprint density at radius 3 is 2.19 bits per heavy atom. The average molecular weight is 497 g/mol. The molecule has 0 radical (unpaired) electrons. The highest BCUT2D eigenvalue weighted by atomic mass is 16.5. The normalized spacial score (nSPS) is 10.8. The second kappa shape index (κ2) is 16.2. The number of ether oxygens (including phenoxy) is 2. The predicted octanol–water partition coefficient (Wildman–Crippen LogP) is 5.30. The van der Waals surface area contributed by atoms with Crippen LogP contribution in [0.4, 0.5) is 17.1 Å². The van der Waals surface area contributed by atoms with Gasteiger partial charge in [-0.2, -0.15) is 0 Å². The number of hydrogen-bond donors (Lipinski definition) is 3. The van der Waals surface area contributed by atoms with Crippen LogP contribution in [0, 0.1) is 5.41 Å². The Hall–Kier alpha value is -3.49. The standard InChI is InChI=1S/C22H25N3O4.C6H15N/c1-4-23-21-15-19(29-14-13-28-3)9-10-20(21)16(2)24-17-5-7-18(8-6-17)25-22(27)11-12-26;1-6(2,3)5-7-4/h4-10,12,15,24H,2,11,13-14H2,1,3H3,(H,25,27);7H,5H2,1-4H3. The van der Waals surface area contributed by atoms with Gasteiger partial charge in [0.15, 0.2) is 0 Å². The highest BCUT2D eigenvalue weighted by Crippen LogP contribution is 2.31. The van der Waals surface area contributed by atoms with Crippen molar-refractivity contribution >= 4 is 41.2 Å². The van der Waals surface area contributed by atoms with Crippen LogP contribution in [0.25, 0.3) is 5.70 Å². The summed E-state index contributed by atoms with van der Waals surface area (Å²) in [5, 5.41) is 8.99. The largest absolute Gasteiger partial charge is 0.491 e. The number of aliphatic imine (C=N–C) groups is 1. The summed E-state index contributed by atoms with van der Waals surface area (Å²) in [6, 6.07) is 12.7. The molecule has 2 rings (SSSR count). The summed E-state index contributed by atoms with van der Waals surface area (Å²) in [5.74, 6) is 0.356. The maximum Gasteiger partial charge on any atom is 0.231 e. The lowest BCUT2D eigenvalue weighted by atomic mass is 9.97. The first-order valence-electron chi connectivity index (χ1n) is 11.8. The van der Waals surface area contributed by atoms with E-state index in [1.165, 1.54) is 0 Å². The van der Waals surface area contributed by atoms with Gasteiger partial charge in [0.25, 0.3) is 0 Å². The minimum atomic E-state index is -0.347. The van der Waals surface area contributed by atoms with Crippen molar-refractivity contribution in [3.63, 3.8) is 0 Å². The first kappa shape index (κ1) is 30.5. The lowest BCUT2D eigenvalue weighted by Gasteiger charge is -2.16. The van der Waals surface area contributed by atoms with Crippen molar-refractivity contribution in [2.45, 2.75) is 34.1 Å². The Kier molecular flexibility index (Phi) is 13.8. The van der Waals surface area contributed by atoms with Crippen molar-refractivity contribution in [3.05, 3.63) is 54.6 Å². The van der Waals surface area contributed by atoms with E-state index in [1.54, 1.807) is 25.5 Å². The number of methoxy groups -OCH3 is 1. The van der Waals surface area contributed by atoms with Crippen LogP contribution < -0.4 is 20.7 Å². The van der Waals surface area contributed by atoms with Gasteiger partial charge in [0.05, 0.1) is 18.7 Å². The summed E-state index contributed by atoms with van der Waals surface area (Å²) in [5.41, 5.74) is 4.10. The molecule has 0 aliphatic heterocycles. The van der Waals surface area contributed by atoms with E-state index in [2.05, 4.69) is 48.3 Å². The Labute approximate surface area is 215 Å². The van der Waals surface area contributed by atoms with Gasteiger partial charge < -0.3 is 30.2 Å². The van der Waals surface area contributed by atoms with Crippen molar-refractivity contribution in [1.29, 1.82) is 0 Å². The van der Waals surface area contributed by atoms with Crippen LogP contribution in [0.5, 0.6) is 5.75 Å². The summed E-state index contributed by atoms with van der Waals surface area (Å²) < 4.78 is 10.6. The van der Waals surface area contributed by atoms with E-state index in [4.69, 9.17) is 9.47 Å². The number of nitrogens with one attached hydrogen (secondary N) is 3. The summed E-state index contributed by atoms with van der Waals surface area (Å²) in [4.78, 5) is 26.2. The molecular formula is C28H40N4O4. The molecule has 0 atom stereocenters. The van der Waals surface area contributed by atoms with Crippen LogP contribution in [-0.2, 0) is 14.3 Å². The smallest absolute Gasteiger partial charge is 0.231 e. The van der Waals surface area contributed by atoms with Crippen LogP contribution in [-0.4, -0.2) is 52.3 Å². The third-order valence-electron chi connectivity index (χ3n) is 4.56. The van der Waals surface area contributed by atoms with Crippen LogP contribution >= 0.6 is 0 Å². The molecule has 3 N–H and O–H groups in total. The van der Waals surface area contributed by atoms with Crippen LogP contribution in [0.1, 0.15) is 39.7 Å². The number of benzene rings is 2. The molecule has 1 amide bonds. The molecule has 0 aromatic heterocycles. The molecule has 0 saturated heterocycles. The Morgan fingerprint density at radius 1 is 1.06 bits per heavy atom. The molecule has 36 heavy (non-hydrogen) atoms. The van der Waals surface area contributed by atoms with E-state index >= 15 is 0 Å². The fourth-order valence-electron chi connectivity index (χ4n) is 3.04. The van der Waals surface area contributed by atoms with Gasteiger partial charge in [-0.1, -0.05) is 27.4 Å². The molecule has 0 bridgehead atoms. The molecule has 196 valence electrons. The fourth-order valence-corrected chi connectivity index (χ4v) is 3.04. The second-order valence-corrected chi connectivity index (χ2v) is 9.10. The predicted molar refractivity (Wildman–Crippen MR) is 149 cm³/mol. The number of nitrogens with zero attached hydrogens (tertiary/aromatic N) is 1. The number of hydrogen-bond acceptors (Lipinski definition) is 7. The molecule has 0 saturated carbocycles. The molecule has 0 heterocycles. The van der Waals surface area contributed by atoms with E-state index in [0.29, 0.717) is 42.0 Å². The summed E-state index contributed by atoms with van der Waals surface area (Å²) in [6.45, 7) is 14.6.